The lowest BCUT2D eigenvalue weighted by molar-refractivity contribution is -0.142. The summed E-state index contributed by atoms with van der Waals surface area (Å²) in [5.74, 6) is -0.252. The number of hydrogen-bond donors (Lipinski definition) is 1. The molecule has 4 aromatic rings. The van der Waals surface area contributed by atoms with Crippen LogP contribution in [0, 0.1) is 6.92 Å². The van der Waals surface area contributed by atoms with E-state index in [0.717, 1.165) is 29.7 Å². The molecule has 6 rings (SSSR count). The maximum atomic E-state index is 14.1. The van der Waals surface area contributed by atoms with E-state index in [9.17, 15) is 9.59 Å². The highest BCUT2D eigenvalue weighted by Gasteiger charge is 2.36. The predicted molar refractivity (Wildman–Crippen MR) is 155 cm³/mol. The summed E-state index contributed by atoms with van der Waals surface area (Å²) in [6.45, 7) is 4.81. The van der Waals surface area contributed by atoms with E-state index in [2.05, 4.69) is 59.4 Å². The van der Waals surface area contributed by atoms with Crippen molar-refractivity contribution in [2.75, 3.05) is 11.9 Å². The number of thiophene rings is 1. The summed E-state index contributed by atoms with van der Waals surface area (Å²) in [4.78, 5) is 29.4. The second kappa shape index (κ2) is 10.7. The molecule has 0 saturated carbocycles. The zero-order chi connectivity index (χ0) is 26.9. The molecule has 1 N–H and O–H groups in total. The minimum absolute atomic E-state index is 0.143. The van der Waals surface area contributed by atoms with Crippen LogP contribution in [0.2, 0.25) is 0 Å². The first kappa shape index (κ1) is 25.4. The Morgan fingerprint density at radius 1 is 1.03 bits per heavy atom. The fraction of sp³-hybridized carbons (Fsp3) is 0.312. The molecule has 6 nitrogen and oxygen atoms in total. The maximum absolute atomic E-state index is 14.1. The van der Waals surface area contributed by atoms with Crippen LogP contribution in [0.15, 0.2) is 66.9 Å². The number of fused-ring (bicyclic) bond motifs is 5. The van der Waals surface area contributed by atoms with Crippen LogP contribution >= 0.6 is 11.3 Å². The van der Waals surface area contributed by atoms with Gasteiger partial charge in [0.25, 0.3) is 0 Å². The normalized spacial score (nSPS) is 16.1. The van der Waals surface area contributed by atoms with Gasteiger partial charge < -0.3 is 19.5 Å². The molecular formula is C32H33N3O3S. The smallest absolute Gasteiger partial charge is 0.322 e. The van der Waals surface area contributed by atoms with Crippen molar-refractivity contribution in [3.05, 3.63) is 105 Å². The van der Waals surface area contributed by atoms with Crippen LogP contribution in [0.25, 0.3) is 5.00 Å². The fourth-order valence-electron chi connectivity index (χ4n) is 5.86. The van der Waals surface area contributed by atoms with E-state index in [1.165, 1.54) is 39.4 Å². The lowest BCUT2D eigenvalue weighted by Crippen LogP contribution is -2.38. The minimum atomic E-state index is -0.252. The van der Waals surface area contributed by atoms with E-state index < -0.39 is 0 Å². The van der Waals surface area contributed by atoms with Crippen LogP contribution in [0.1, 0.15) is 64.2 Å². The molecule has 3 heterocycles. The van der Waals surface area contributed by atoms with Crippen molar-refractivity contribution in [2.45, 2.75) is 58.5 Å². The Morgan fingerprint density at radius 3 is 2.64 bits per heavy atom. The molecule has 0 bridgehead atoms. The number of benzene rings is 2. The summed E-state index contributed by atoms with van der Waals surface area (Å²) < 4.78 is 7.37. The predicted octanol–water partition coefficient (Wildman–Crippen LogP) is 6.97. The van der Waals surface area contributed by atoms with Gasteiger partial charge in [-0.05, 0) is 80.5 Å². The summed E-state index contributed by atoms with van der Waals surface area (Å²) in [5.41, 5.74) is 7.62. The number of carbonyl (C=O) groups excluding carboxylic acids is 2. The molecule has 2 aromatic heterocycles. The van der Waals surface area contributed by atoms with Gasteiger partial charge in [-0.15, -0.1) is 11.3 Å². The van der Waals surface area contributed by atoms with Gasteiger partial charge in [-0.1, -0.05) is 42.0 Å². The number of amides is 2. The minimum Gasteiger partial charge on any atom is -0.466 e. The van der Waals surface area contributed by atoms with Gasteiger partial charge in [0.05, 0.1) is 31.3 Å². The molecule has 1 aliphatic heterocycles. The number of carbonyl (C=O) groups is 2. The van der Waals surface area contributed by atoms with Gasteiger partial charge in [-0.2, -0.15) is 0 Å². The number of esters is 1. The molecule has 0 fully saturated rings. The maximum Gasteiger partial charge on any atom is 0.322 e. The van der Waals surface area contributed by atoms with Gasteiger partial charge in [-0.3, -0.25) is 4.79 Å². The standard InChI is InChI=1S/C32H33N3O3S/c1-3-38-29(36)19-22-13-15-24(16-14-22)33-32(37)35-20-26-25-10-4-5-12-28(25)39-31(26)34-17-7-11-27(34)30(35)23-9-6-8-21(2)18-23/h6-9,11,13-18,30H,3-5,10,12,19-20H2,1-2H3,(H,33,37)/t30-/m0/s1. The molecule has 2 aliphatic rings. The molecule has 2 aromatic carbocycles. The van der Waals surface area contributed by atoms with Crippen LogP contribution in [0.5, 0.6) is 0 Å². The van der Waals surface area contributed by atoms with Gasteiger partial charge in [0, 0.05) is 22.3 Å². The number of hydrogen-bond acceptors (Lipinski definition) is 4. The van der Waals surface area contributed by atoms with E-state index in [-0.39, 0.29) is 24.5 Å². The first-order valence-electron chi connectivity index (χ1n) is 13.7. The molecule has 0 radical (unpaired) electrons. The molecule has 200 valence electrons. The fourth-order valence-corrected chi connectivity index (χ4v) is 7.26. The zero-order valence-electron chi connectivity index (χ0n) is 22.4. The highest BCUT2D eigenvalue weighted by atomic mass is 32.1. The highest BCUT2D eigenvalue weighted by molar-refractivity contribution is 7.15. The average molecular weight is 540 g/mol. The van der Waals surface area contributed by atoms with E-state index in [4.69, 9.17) is 4.74 Å². The van der Waals surface area contributed by atoms with E-state index >= 15 is 0 Å². The van der Waals surface area contributed by atoms with Crippen LogP contribution in [0.4, 0.5) is 10.5 Å². The number of rotatable bonds is 5. The Labute approximate surface area is 233 Å². The lowest BCUT2D eigenvalue weighted by atomic mass is 9.95. The number of ether oxygens (including phenoxy) is 1. The number of aromatic nitrogens is 1. The number of anilines is 1. The monoisotopic (exact) mass is 539 g/mol. The van der Waals surface area contributed by atoms with E-state index in [0.29, 0.717) is 18.8 Å². The third kappa shape index (κ3) is 4.99. The number of nitrogens with one attached hydrogen (secondary N) is 1. The molecule has 1 atom stereocenters. The van der Waals surface area contributed by atoms with Crippen molar-refractivity contribution < 1.29 is 14.3 Å². The lowest BCUT2D eigenvalue weighted by Gasteiger charge is -2.31. The largest absolute Gasteiger partial charge is 0.466 e. The van der Waals surface area contributed by atoms with Gasteiger partial charge in [-0.25, -0.2) is 4.79 Å². The van der Waals surface area contributed by atoms with Crippen molar-refractivity contribution in [1.82, 2.24) is 9.47 Å². The first-order chi connectivity index (χ1) is 19.0. The third-order valence-electron chi connectivity index (χ3n) is 7.66. The number of aryl methyl sites for hydroxylation is 2. The average Bonchev–Trinajstić information content (AvgIpc) is 3.52. The van der Waals surface area contributed by atoms with Crippen LogP contribution < -0.4 is 5.32 Å². The van der Waals surface area contributed by atoms with Crippen LogP contribution in [-0.2, 0) is 35.3 Å². The third-order valence-corrected chi connectivity index (χ3v) is 8.99. The summed E-state index contributed by atoms with van der Waals surface area (Å²) in [6, 6.07) is 19.8. The molecular weight excluding hydrogens is 506 g/mol. The summed E-state index contributed by atoms with van der Waals surface area (Å²) in [7, 11) is 0. The Balaban J connectivity index is 1.37. The summed E-state index contributed by atoms with van der Waals surface area (Å²) in [6.07, 6.45) is 6.97. The van der Waals surface area contributed by atoms with Crippen LogP contribution in [0.3, 0.4) is 0 Å². The number of urea groups is 1. The topological polar surface area (TPSA) is 63.6 Å². The van der Waals surface area contributed by atoms with Crippen molar-refractivity contribution in [2.24, 2.45) is 0 Å². The van der Waals surface area contributed by atoms with Crippen molar-refractivity contribution in [3.8, 4) is 5.00 Å². The molecule has 39 heavy (non-hydrogen) atoms. The second-order valence-corrected chi connectivity index (χ2v) is 11.4. The second-order valence-electron chi connectivity index (χ2n) is 10.4. The Kier molecular flexibility index (Phi) is 7.00. The van der Waals surface area contributed by atoms with E-state index in [1.807, 2.05) is 40.5 Å². The van der Waals surface area contributed by atoms with Gasteiger partial charge >= 0.3 is 12.0 Å². The van der Waals surface area contributed by atoms with Crippen molar-refractivity contribution in [3.63, 3.8) is 0 Å². The zero-order valence-corrected chi connectivity index (χ0v) is 23.2. The van der Waals surface area contributed by atoms with Gasteiger partial charge in [0.15, 0.2) is 0 Å². The van der Waals surface area contributed by atoms with Crippen molar-refractivity contribution in [1.29, 1.82) is 0 Å². The molecule has 0 unspecified atom stereocenters. The highest BCUT2D eigenvalue weighted by Crippen LogP contribution is 2.44. The summed E-state index contributed by atoms with van der Waals surface area (Å²) in [5, 5.41) is 4.40. The molecule has 0 spiro atoms. The Hall–Kier alpha value is -3.84. The first-order valence-corrected chi connectivity index (χ1v) is 14.5. The number of nitrogens with zero attached hydrogens (tertiary/aromatic N) is 2. The van der Waals surface area contributed by atoms with Gasteiger partial charge in [0.2, 0.25) is 0 Å². The quantitative estimate of drug-likeness (QED) is 0.279. The molecule has 1 aliphatic carbocycles. The summed E-state index contributed by atoms with van der Waals surface area (Å²) >= 11 is 1.89. The molecule has 0 saturated heterocycles. The molecule has 2 amide bonds. The SMILES string of the molecule is CCOC(=O)Cc1ccc(NC(=O)N2Cc3c(sc4c3CCCC4)-n3cccc3[C@@H]2c2cccc(C)c2)cc1. The van der Waals surface area contributed by atoms with Crippen molar-refractivity contribution >= 4 is 29.0 Å². The Morgan fingerprint density at radius 2 is 1.85 bits per heavy atom. The van der Waals surface area contributed by atoms with Gasteiger partial charge in [0.1, 0.15) is 5.00 Å². The van der Waals surface area contributed by atoms with E-state index in [1.54, 1.807) is 6.92 Å². The molecule has 7 heteroatoms. The Bertz CT molecular complexity index is 1520. The van der Waals surface area contributed by atoms with Crippen LogP contribution in [-0.4, -0.2) is 28.1 Å².